The highest BCUT2D eigenvalue weighted by molar-refractivity contribution is 5.96. The zero-order valence-corrected chi connectivity index (χ0v) is 19.7. The first-order valence-corrected chi connectivity index (χ1v) is 12.4. The Morgan fingerprint density at radius 1 is 1.14 bits per heavy atom. The van der Waals surface area contributed by atoms with Gasteiger partial charge in [-0.05, 0) is 69.3 Å². The summed E-state index contributed by atoms with van der Waals surface area (Å²) in [5, 5.41) is 23.8. The first-order valence-electron chi connectivity index (χ1n) is 12.4. The van der Waals surface area contributed by atoms with Crippen LogP contribution >= 0.6 is 0 Å². The predicted octanol–water partition coefficient (Wildman–Crippen LogP) is 2.64. The first kappa shape index (κ1) is 23.7. The Morgan fingerprint density at radius 2 is 1.77 bits per heavy atom. The first-order chi connectivity index (χ1) is 16.6. The number of anilines is 1. The smallest absolute Gasteiger partial charge is 0.329 e. The summed E-state index contributed by atoms with van der Waals surface area (Å²) in [5.74, 6) is 0.295. The number of nitro benzene ring substituents is 1. The molecule has 1 aliphatic heterocycles. The molecule has 1 aromatic carbocycles. The van der Waals surface area contributed by atoms with Crippen molar-refractivity contribution in [2.24, 2.45) is 23.2 Å². The molecule has 188 valence electrons. The molecule has 2 unspecified atom stereocenters. The van der Waals surface area contributed by atoms with Gasteiger partial charge in [-0.2, -0.15) is 0 Å². The summed E-state index contributed by atoms with van der Waals surface area (Å²) in [5.41, 5.74) is -0.407. The van der Waals surface area contributed by atoms with Gasteiger partial charge in [-0.3, -0.25) is 19.7 Å². The van der Waals surface area contributed by atoms with Crippen molar-refractivity contribution >= 4 is 29.2 Å². The minimum Gasteiger partial charge on any atom is -0.451 e. The molecular weight excluding hydrogens is 454 g/mol. The third-order valence-electron chi connectivity index (χ3n) is 8.29. The Balaban J connectivity index is 1.24. The van der Waals surface area contributed by atoms with E-state index in [4.69, 9.17) is 4.74 Å². The molecule has 10 nitrogen and oxygen atoms in total. The van der Waals surface area contributed by atoms with Crippen LogP contribution in [0.4, 0.5) is 11.4 Å². The maximum Gasteiger partial charge on any atom is 0.329 e. The molecule has 2 amide bonds. The van der Waals surface area contributed by atoms with Crippen molar-refractivity contribution < 1.29 is 29.2 Å². The van der Waals surface area contributed by atoms with E-state index in [1.54, 1.807) is 0 Å². The number of β-amino-alcohol motifs (C(OH)–C–C–N with tert-alkyl or cyclic N) is 1. The molecule has 0 spiro atoms. The van der Waals surface area contributed by atoms with E-state index < -0.39 is 40.5 Å². The van der Waals surface area contributed by atoms with Gasteiger partial charge in [-0.15, -0.1) is 0 Å². The Labute approximate surface area is 203 Å². The van der Waals surface area contributed by atoms with Gasteiger partial charge in [-0.25, -0.2) is 4.79 Å². The molecule has 0 radical (unpaired) electrons. The van der Waals surface area contributed by atoms with E-state index in [-0.39, 0.29) is 30.2 Å². The van der Waals surface area contributed by atoms with Gasteiger partial charge in [-0.1, -0.05) is 6.07 Å². The van der Waals surface area contributed by atoms with Crippen molar-refractivity contribution in [1.29, 1.82) is 0 Å². The lowest BCUT2D eigenvalue weighted by molar-refractivity contribution is -0.384. The van der Waals surface area contributed by atoms with Gasteiger partial charge in [0.15, 0.2) is 6.10 Å². The number of esters is 1. The van der Waals surface area contributed by atoms with E-state index in [1.807, 2.05) is 0 Å². The number of hydrogen-bond acceptors (Lipinski definition) is 7. The predicted molar refractivity (Wildman–Crippen MR) is 124 cm³/mol. The average Bonchev–Trinajstić information content (AvgIpc) is 3.19. The number of likely N-dealkylation sites (tertiary alicyclic amines) is 1. The summed E-state index contributed by atoms with van der Waals surface area (Å²) in [4.78, 5) is 51.3. The van der Waals surface area contributed by atoms with Crippen LogP contribution in [0.3, 0.4) is 0 Å². The molecule has 35 heavy (non-hydrogen) atoms. The number of ether oxygens (including phenoxy) is 1. The summed E-state index contributed by atoms with van der Waals surface area (Å²) in [6.07, 6.45) is 4.22. The van der Waals surface area contributed by atoms with E-state index in [1.165, 1.54) is 55.4 Å². The van der Waals surface area contributed by atoms with Gasteiger partial charge in [0.05, 0.1) is 16.4 Å². The van der Waals surface area contributed by atoms with E-state index in [0.717, 1.165) is 19.3 Å². The third kappa shape index (κ3) is 4.51. The highest BCUT2D eigenvalue weighted by Crippen LogP contribution is 2.60. The molecule has 1 heterocycles. The van der Waals surface area contributed by atoms with Crippen molar-refractivity contribution in [3.8, 4) is 0 Å². The molecular formula is C25H31N3O7. The van der Waals surface area contributed by atoms with E-state index in [0.29, 0.717) is 17.8 Å². The maximum atomic E-state index is 13.8. The minimum absolute atomic E-state index is 0.0520. The molecule has 6 rings (SSSR count). The lowest BCUT2D eigenvalue weighted by Crippen LogP contribution is -2.56. The van der Waals surface area contributed by atoms with Gasteiger partial charge >= 0.3 is 5.97 Å². The van der Waals surface area contributed by atoms with E-state index in [2.05, 4.69) is 5.32 Å². The summed E-state index contributed by atoms with van der Waals surface area (Å²) in [7, 11) is 0. The molecule has 5 fully saturated rings. The molecule has 4 saturated carbocycles. The highest BCUT2D eigenvalue weighted by Gasteiger charge is 2.57. The second-order valence-corrected chi connectivity index (χ2v) is 10.9. The molecule has 1 saturated heterocycles. The topological polar surface area (TPSA) is 139 Å². The molecule has 0 aromatic heterocycles. The van der Waals surface area contributed by atoms with Gasteiger partial charge in [0, 0.05) is 30.8 Å². The Kier molecular flexibility index (Phi) is 6.03. The van der Waals surface area contributed by atoms with Crippen molar-refractivity contribution in [2.45, 2.75) is 70.1 Å². The molecule has 2 N–H and O–H groups in total. The van der Waals surface area contributed by atoms with Gasteiger partial charge in [0.1, 0.15) is 6.04 Å². The number of rotatable bonds is 6. The number of benzene rings is 1. The van der Waals surface area contributed by atoms with Crippen LogP contribution < -0.4 is 5.32 Å². The van der Waals surface area contributed by atoms with Crippen molar-refractivity contribution in [2.75, 3.05) is 11.9 Å². The van der Waals surface area contributed by atoms with Crippen LogP contribution in [0.1, 0.15) is 51.9 Å². The number of amides is 2. The Hall–Kier alpha value is -3.01. The van der Waals surface area contributed by atoms with Gasteiger partial charge < -0.3 is 20.1 Å². The number of non-ortho nitro benzene ring substituents is 1. The van der Waals surface area contributed by atoms with Gasteiger partial charge in [0.25, 0.3) is 11.6 Å². The van der Waals surface area contributed by atoms with Crippen LogP contribution in [-0.2, 0) is 19.1 Å². The van der Waals surface area contributed by atoms with E-state index >= 15 is 0 Å². The quantitative estimate of drug-likeness (QED) is 0.359. The van der Waals surface area contributed by atoms with Crippen LogP contribution in [0.15, 0.2) is 24.3 Å². The summed E-state index contributed by atoms with van der Waals surface area (Å²) in [6.45, 7) is 1.50. The second kappa shape index (κ2) is 8.89. The Bertz CT molecular complexity index is 1020. The number of carbonyl (C=O) groups is 3. The fourth-order valence-corrected chi connectivity index (χ4v) is 7.19. The normalized spacial score (nSPS) is 33.9. The number of hydrogen-bond donors (Lipinski definition) is 2. The van der Waals surface area contributed by atoms with E-state index in [9.17, 15) is 29.6 Å². The SMILES string of the molecule is CC(OC(=O)[C@@H]1CC(O)CN1C(=O)C12CC3CC(CC(C3)C1)C2)C(=O)Nc1cccc([N+](=O)[O-])c1. The monoisotopic (exact) mass is 485 g/mol. The number of carbonyl (C=O) groups excluding carboxylic acids is 3. The summed E-state index contributed by atoms with van der Waals surface area (Å²) in [6, 6.07) is 4.53. The second-order valence-electron chi connectivity index (χ2n) is 10.9. The fraction of sp³-hybridized carbons (Fsp3) is 0.640. The summed E-state index contributed by atoms with van der Waals surface area (Å²) < 4.78 is 5.40. The minimum atomic E-state index is -1.18. The van der Waals surface area contributed by atoms with Crippen molar-refractivity contribution in [3.05, 3.63) is 34.4 Å². The molecule has 4 aliphatic carbocycles. The zero-order chi connectivity index (χ0) is 24.9. The largest absolute Gasteiger partial charge is 0.451 e. The summed E-state index contributed by atoms with van der Waals surface area (Å²) >= 11 is 0. The molecule has 5 aliphatic rings. The average molecular weight is 486 g/mol. The molecule has 3 atom stereocenters. The van der Waals surface area contributed by atoms with Crippen LogP contribution in [0, 0.1) is 33.3 Å². The lowest BCUT2D eigenvalue weighted by Gasteiger charge is -2.56. The number of aliphatic hydroxyl groups is 1. The van der Waals surface area contributed by atoms with Crippen molar-refractivity contribution in [3.63, 3.8) is 0 Å². The van der Waals surface area contributed by atoms with Crippen molar-refractivity contribution in [1.82, 2.24) is 4.90 Å². The van der Waals surface area contributed by atoms with Crippen LogP contribution in [-0.4, -0.2) is 57.5 Å². The number of aliphatic hydroxyl groups excluding tert-OH is 1. The van der Waals surface area contributed by atoms with Crippen LogP contribution in [0.25, 0.3) is 0 Å². The molecule has 1 aromatic rings. The van der Waals surface area contributed by atoms with Crippen LogP contribution in [0.5, 0.6) is 0 Å². The number of nitrogens with one attached hydrogen (secondary N) is 1. The zero-order valence-electron chi connectivity index (χ0n) is 19.7. The maximum absolute atomic E-state index is 13.8. The Morgan fingerprint density at radius 3 is 2.37 bits per heavy atom. The number of nitro groups is 1. The van der Waals surface area contributed by atoms with Gasteiger partial charge in [0.2, 0.25) is 5.91 Å². The highest BCUT2D eigenvalue weighted by atomic mass is 16.6. The molecule has 10 heteroatoms. The number of nitrogens with zero attached hydrogens (tertiary/aromatic N) is 2. The standard InChI is InChI=1S/C25H31N3O7/c1-14(22(30)26-18-3-2-4-19(8-18)28(33)34)35-23(31)21-9-20(29)13-27(21)24(32)25-10-15-5-16(11-25)7-17(6-15)12-25/h2-4,8,14-17,20-21,29H,5-7,9-13H2,1H3,(H,26,30)/t14?,15?,16?,17?,20?,21-,25?/m0/s1. The van der Waals surface area contributed by atoms with Crippen LogP contribution in [0.2, 0.25) is 0 Å². The lowest BCUT2D eigenvalue weighted by atomic mass is 9.49. The fourth-order valence-electron chi connectivity index (χ4n) is 7.19. The molecule has 4 bridgehead atoms. The third-order valence-corrected chi connectivity index (χ3v) is 8.29.